The summed E-state index contributed by atoms with van der Waals surface area (Å²) in [7, 11) is 0. The van der Waals surface area contributed by atoms with Crippen molar-refractivity contribution < 1.29 is 19.4 Å². The maximum Gasteiger partial charge on any atom is 0.196 e. The van der Waals surface area contributed by atoms with Gasteiger partial charge in [-0.25, -0.2) is 9.97 Å². The normalized spacial score (nSPS) is 23.0. The Morgan fingerprint density at radius 1 is 1.14 bits per heavy atom. The first-order valence-electron chi connectivity index (χ1n) is 11.5. The van der Waals surface area contributed by atoms with Gasteiger partial charge in [-0.1, -0.05) is 29.8 Å². The van der Waals surface area contributed by atoms with Gasteiger partial charge >= 0.3 is 0 Å². The molecule has 3 heterocycles. The van der Waals surface area contributed by atoms with Gasteiger partial charge in [-0.2, -0.15) is 0 Å². The minimum Gasteiger partial charge on any atom is -0.457 e. The quantitative estimate of drug-likeness (QED) is 0.328. The molecule has 3 N–H and O–H groups in total. The maximum atomic E-state index is 13.5. The lowest BCUT2D eigenvalue weighted by Gasteiger charge is -2.28. The van der Waals surface area contributed by atoms with E-state index in [-0.39, 0.29) is 24.5 Å². The summed E-state index contributed by atoms with van der Waals surface area (Å²) in [6.07, 6.45) is 4.01. The fourth-order valence-electron chi connectivity index (χ4n) is 4.88. The third kappa shape index (κ3) is 4.14. The van der Waals surface area contributed by atoms with E-state index in [0.717, 1.165) is 6.42 Å². The molecule has 0 spiro atoms. The number of nitrogens with zero attached hydrogens (tertiary/aromatic N) is 2. The highest BCUT2D eigenvalue weighted by Gasteiger charge is 2.51. The molecular weight excluding hydrogens is 468 g/mol. The summed E-state index contributed by atoms with van der Waals surface area (Å²) in [5.74, 6) is 2.32. The highest BCUT2D eigenvalue weighted by Crippen LogP contribution is 2.48. The summed E-state index contributed by atoms with van der Waals surface area (Å²) >= 11 is 6.51. The number of aliphatic hydroxyl groups excluding tert-OH is 1. The number of fused-ring (bicyclic) bond motifs is 2. The van der Waals surface area contributed by atoms with Gasteiger partial charge < -0.3 is 24.9 Å². The molecule has 1 aliphatic carbocycles. The molecule has 35 heavy (non-hydrogen) atoms. The predicted molar refractivity (Wildman–Crippen MR) is 131 cm³/mol. The number of carbonyl (C=O) groups excluding carboxylic acids is 1. The summed E-state index contributed by atoms with van der Waals surface area (Å²) in [5.41, 5.74) is 1.35. The number of nitrogens with one attached hydrogen (secondary N) is 2. The molecule has 1 aliphatic heterocycles. The van der Waals surface area contributed by atoms with E-state index in [0.29, 0.717) is 62.9 Å². The lowest BCUT2D eigenvalue weighted by Crippen LogP contribution is -2.39. The van der Waals surface area contributed by atoms with Crippen molar-refractivity contribution in [2.24, 2.45) is 11.8 Å². The number of aromatic amines is 1. The number of benzene rings is 2. The largest absolute Gasteiger partial charge is 0.457 e. The van der Waals surface area contributed by atoms with Crippen LogP contribution in [0.2, 0.25) is 5.02 Å². The van der Waals surface area contributed by atoms with Gasteiger partial charge in [-0.05, 0) is 42.5 Å². The molecule has 178 valence electrons. The number of carbonyl (C=O) groups is 1. The molecule has 1 saturated carbocycles. The zero-order chi connectivity index (χ0) is 23.9. The van der Waals surface area contributed by atoms with E-state index in [9.17, 15) is 9.90 Å². The number of aliphatic hydroxyl groups is 1. The first-order chi connectivity index (χ1) is 17.1. The van der Waals surface area contributed by atoms with Crippen molar-refractivity contribution in [2.45, 2.75) is 18.6 Å². The molecule has 2 aliphatic rings. The molecule has 0 amide bonds. The Hall–Kier alpha value is -3.46. The van der Waals surface area contributed by atoms with Crippen LogP contribution in [0, 0.1) is 11.8 Å². The molecule has 0 radical (unpaired) electrons. The first-order valence-corrected chi connectivity index (χ1v) is 11.9. The summed E-state index contributed by atoms with van der Waals surface area (Å²) in [4.78, 5) is 25.3. The van der Waals surface area contributed by atoms with Gasteiger partial charge in [0.15, 0.2) is 5.78 Å². The van der Waals surface area contributed by atoms with Crippen LogP contribution in [0.5, 0.6) is 11.5 Å². The molecule has 6 rings (SSSR count). The van der Waals surface area contributed by atoms with Gasteiger partial charge in [-0.15, -0.1) is 0 Å². The van der Waals surface area contributed by atoms with Gasteiger partial charge in [0.1, 0.15) is 29.3 Å². The van der Waals surface area contributed by atoms with Gasteiger partial charge in [-0.3, -0.25) is 4.79 Å². The molecule has 4 atom stereocenters. The molecule has 2 fully saturated rings. The average Bonchev–Trinajstić information content (AvgIpc) is 3.56. The van der Waals surface area contributed by atoms with Gasteiger partial charge in [0.05, 0.1) is 41.3 Å². The van der Waals surface area contributed by atoms with E-state index in [2.05, 4.69) is 20.3 Å². The van der Waals surface area contributed by atoms with Gasteiger partial charge in [0.25, 0.3) is 0 Å². The number of ketones is 1. The number of aromatic nitrogens is 3. The van der Waals surface area contributed by atoms with Crippen molar-refractivity contribution in [3.05, 3.63) is 77.2 Å². The Kier molecular flexibility index (Phi) is 5.64. The van der Waals surface area contributed by atoms with Crippen LogP contribution in [0.4, 0.5) is 5.82 Å². The van der Waals surface area contributed by atoms with Crippen LogP contribution >= 0.6 is 11.6 Å². The lowest BCUT2D eigenvalue weighted by molar-refractivity contribution is -0.0306. The Morgan fingerprint density at radius 2 is 2.00 bits per heavy atom. The lowest BCUT2D eigenvalue weighted by atomic mass is 10.0. The van der Waals surface area contributed by atoms with Crippen LogP contribution in [0.3, 0.4) is 0 Å². The van der Waals surface area contributed by atoms with E-state index in [4.69, 9.17) is 21.1 Å². The number of anilines is 1. The van der Waals surface area contributed by atoms with Crippen LogP contribution in [0.15, 0.2) is 61.1 Å². The monoisotopic (exact) mass is 490 g/mol. The standard InChI is InChI=1S/C26H23ClN4O4/c27-20-8-15(35-14-4-2-1-3-5-14)6-7-16(20)24(33)19-10-28-25-23(19)26(30-13-29-25)31-21-12-34-22(11-32)18-9-17(18)21/h1-8,10,13,17-18,21-22,32H,9,11-12H2,(H2,28,29,30,31)/t17?,18?,21-,22+/m0/s1. The molecule has 9 heteroatoms. The second-order valence-corrected chi connectivity index (χ2v) is 9.31. The van der Waals surface area contributed by atoms with Crippen molar-refractivity contribution in [2.75, 3.05) is 18.5 Å². The summed E-state index contributed by atoms with van der Waals surface area (Å²) in [5, 5.41) is 13.8. The van der Waals surface area contributed by atoms with Crippen LogP contribution in [-0.2, 0) is 4.74 Å². The minimum atomic E-state index is -0.241. The van der Waals surface area contributed by atoms with Crippen molar-refractivity contribution >= 4 is 34.2 Å². The Morgan fingerprint density at radius 3 is 2.80 bits per heavy atom. The zero-order valence-electron chi connectivity index (χ0n) is 18.6. The number of H-pyrrole nitrogens is 1. The number of hydrogen-bond donors (Lipinski definition) is 3. The number of halogens is 1. The minimum absolute atomic E-state index is 0.0397. The highest BCUT2D eigenvalue weighted by molar-refractivity contribution is 6.35. The van der Waals surface area contributed by atoms with E-state index in [1.807, 2.05) is 30.3 Å². The molecule has 2 aromatic carbocycles. The third-order valence-electron chi connectivity index (χ3n) is 6.76. The molecule has 1 saturated heterocycles. The van der Waals surface area contributed by atoms with Crippen LogP contribution in [-0.4, -0.2) is 51.2 Å². The van der Waals surface area contributed by atoms with E-state index < -0.39 is 0 Å². The van der Waals surface area contributed by atoms with E-state index in [1.165, 1.54) is 6.33 Å². The molecule has 2 aromatic heterocycles. The van der Waals surface area contributed by atoms with E-state index >= 15 is 0 Å². The molecule has 0 bridgehead atoms. The number of ether oxygens (including phenoxy) is 2. The Bertz CT molecular complexity index is 1390. The SMILES string of the molecule is O=C(c1ccc(Oc2ccccc2)cc1Cl)c1c[nH]c2ncnc(N[C@H]3CO[C@H](CO)C4CC43)c12. The maximum absolute atomic E-state index is 13.5. The molecule has 8 nitrogen and oxygen atoms in total. The van der Waals surface area contributed by atoms with E-state index in [1.54, 1.807) is 24.4 Å². The van der Waals surface area contributed by atoms with Crippen molar-refractivity contribution in [1.82, 2.24) is 15.0 Å². The summed E-state index contributed by atoms with van der Waals surface area (Å²) < 4.78 is 11.6. The summed E-state index contributed by atoms with van der Waals surface area (Å²) in [6, 6.07) is 14.4. The van der Waals surface area contributed by atoms with Crippen molar-refractivity contribution in [1.29, 1.82) is 0 Å². The third-order valence-corrected chi connectivity index (χ3v) is 7.07. The number of rotatable bonds is 7. The smallest absolute Gasteiger partial charge is 0.196 e. The first kappa shape index (κ1) is 22.0. The molecule has 2 unspecified atom stereocenters. The second kappa shape index (κ2) is 8.96. The Balaban J connectivity index is 1.27. The number of para-hydroxylation sites is 1. The fraction of sp³-hybridized carbons (Fsp3) is 0.269. The van der Waals surface area contributed by atoms with Crippen molar-refractivity contribution in [3.8, 4) is 11.5 Å². The summed E-state index contributed by atoms with van der Waals surface area (Å²) in [6.45, 7) is 0.512. The van der Waals surface area contributed by atoms with Crippen LogP contribution in [0.25, 0.3) is 11.0 Å². The second-order valence-electron chi connectivity index (χ2n) is 8.90. The van der Waals surface area contributed by atoms with Crippen LogP contribution in [0.1, 0.15) is 22.3 Å². The Labute approximate surface area is 206 Å². The molecular formula is C26H23ClN4O4. The zero-order valence-corrected chi connectivity index (χ0v) is 19.4. The number of hydrogen-bond acceptors (Lipinski definition) is 7. The van der Waals surface area contributed by atoms with Gasteiger partial charge in [0, 0.05) is 17.8 Å². The average molecular weight is 491 g/mol. The van der Waals surface area contributed by atoms with Crippen LogP contribution < -0.4 is 10.1 Å². The molecule has 4 aromatic rings. The predicted octanol–water partition coefficient (Wildman–Crippen LogP) is 4.44. The fourth-order valence-corrected chi connectivity index (χ4v) is 5.13. The highest BCUT2D eigenvalue weighted by atomic mass is 35.5. The van der Waals surface area contributed by atoms with Gasteiger partial charge in [0.2, 0.25) is 0 Å². The topological polar surface area (TPSA) is 109 Å². The van der Waals surface area contributed by atoms with Crippen molar-refractivity contribution in [3.63, 3.8) is 0 Å².